The second kappa shape index (κ2) is 9.17. The fourth-order valence-corrected chi connectivity index (χ4v) is 4.51. The summed E-state index contributed by atoms with van der Waals surface area (Å²) in [6.07, 6.45) is 4.33. The van der Waals surface area contributed by atoms with Gasteiger partial charge < -0.3 is 10.6 Å². The van der Waals surface area contributed by atoms with Crippen molar-refractivity contribution < 1.29 is 9.59 Å². The van der Waals surface area contributed by atoms with E-state index in [0.29, 0.717) is 11.4 Å². The Morgan fingerprint density at radius 1 is 1.00 bits per heavy atom. The smallest absolute Gasteiger partial charge is 0.234 e. The number of rotatable bonds is 6. The minimum absolute atomic E-state index is 0.111. The molecule has 154 valence electrons. The van der Waals surface area contributed by atoms with Gasteiger partial charge in [0, 0.05) is 29.7 Å². The number of para-hydroxylation sites is 1. The quantitative estimate of drug-likeness (QED) is 0.578. The lowest BCUT2D eigenvalue weighted by molar-refractivity contribution is -0.114. The Balaban J connectivity index is 1.48. The molecule has 0 saturated carbocycles. The van der Waals surface area contributed by atoms with Crippen LogP contribution in [-0.2, 0) is 22.4 Å². The van der Waals surface area contributed by atoms with Crippen LogP contribution in [0.1, 0.15) is 31.2 Å². The van der Waals surface area contributed by atoms with Crippen molar-refractivity contribution in [3.8, 4) is 5.69 Å². The topological polar surface area (TPSA) is 76.0 Å². The minimum atomic E-state index is -0.147. The molecule has 0 spiro atoms. The number of aryl methyl sites for hydroxylation is 1. The number of aromatic nitrogens is 2. The Kier molecular flexibility index (Phi) is 6.18. The van der Waals surface area contributed by atoms with Gasteiger partial charge in [-0.05, 0) is 56.0 Å². The van der Waals surface area contributed by atoms with Gasteiger partial charge in [-0.3, -0.25) is 14.2 Å². The number of hydrogen-bond donors (Lipinski definition) is 2. The van der Waals surface area contributed by atoms with Gasteiger partial charge in [0.2, 0.25) is 11.8 Å². The van der Waals surface area contributed by atoms with Crippen LogP contribution in [0.3, 0.4) is 0 Å². The van der Waals surface area contributed by atoms with E-state index in [0.717, 1.165) is 35.8 Å². The van der Waals surface area contributed by atoms with E-state index in [1.807, 2.05) is 18.2 Å². The molecule has 4 rings (SSSR count). The van der Waals surface area contributed by atoms with Crippen molar-refractivity contribution in [3.05, 3.63) is 66.0 Å². The monoisotopic (exact) mass is 420 g/mol. The number of anilines is 2. The van der Waals surface area contributed by atoms with E-state index in [9.17, 15) is 9.59 Å². The Hall–Kier alpha value is -3.06. The number of nitrogens with zero attached hydrogens (tertiary/aromatic N) is 2. The van der Waals surface area contributed by atoms with E-state index in [2.05, 4.69) is 27.3 Å². The van der Waals surface area contributed by atoms with E-state index in [-0.39, 0.29) is 17.6 Å². The Morgan fingerprint density at radius 3 is 2.50 bits per heavy atom. The number of hydrogen-bond acceptors (Lipinski definition) is 4. The summed E-state index contributed by atoms with van der Waals surface area (Å²) in [4.78, 5) is 28.6. The van der Waals surface area contributed by atoms with Crippen LogP contribution in [0.25, 0.3) is 5.69 Å². The number of fused-ring (bicyclic) bond motifs is 1. The summed E-state index contributed by atoms with van der Waals surface area (Å²) in [5.41, 5.74) is 4.80. The molecule has 2 amide bonds. The van der Waals surface area contributed by atoms with Gasteiger partial charge in [0.25, 0.3) is 0 Å². The maximum Gasteiger partial charge on any atom is 0.234 e. The van der Waals surface area contributed by atoms with Crippen LogP contribution in [0.5, 0.6) is 0 Å². The molecule has 0 bridgehead atoms. The zero-order valence-corrected chi connectivity index (χ0v) is 17.7. The highest BCUT2D eigenvalue weighted by Crippen LogP contribution is 2.30. The number of imidazole rings is 1. The average Bonchev–Trinajstić information content (AvgIpc) is 3.11. The number of amides is 2. The normalized spacial score (nSPS) is 12.8. The molecule has 0 unspecified atom stereocenters. The fraction of sp³-hybridized carbons (Fsp3) is 0.261. The van der Waals surface area contributed by atoms with Crippen molar-refractivity contribution in [2.45, 2.75) is 37.8 Å². The number of nitrogens with one attached hydrogen (secondary N) is 2. The molecular weight excluding hydrogens is 396 g/mol. The Morgan fingerprint density at radius 2 is 1.73 bits per heavy atom. The lowest BCUT2D eigenvalue weighted by Crippen LogP contribution is -2.15. The molecule has 1 aliphatic rings. The predicted molar refractivity (Wildman–Crippen MR) is 120 cm³/mol. The molecule has 0 atom stereocenters. The van der Waals surface area contributed by atoms with Crippen LogP contribution in [0, 0.1) is 0 Å². The number of benzene rings is 2. The third-order valence-electron chi connectivity index (χ3n) is 4.92. The summed E-state index contributed by atoms with van der Waals surface area (Å²) in [5.74, 6) is -0.00101. The van der Waals surface area contributed by atoms with Crippen LogP contribution in [0.4, 0.5) is 11.4 Å². The predicted octanol–water partition coefficient (Wildman–Crippen LogP) is 4.44. The first-order valence-electron chi connectivity index (χ1n) is 10.1. The molecule has 6 nitrogen and oxygen atoms in total. The molecule has 1 heterocycles. The van der Waals surface area contributed by atoms with Gasteiger partial charge in [-0.25, -0.2) is 4.98 Å². The minimum Gasteiger partial charge on any atom is -0.326 e. The summed E-state index contributed by atoms with van der Waals surface area (Å²) in [5, 5.41) is 6.48. The van der Waals surface area contributed by atoms with E-state index < -0.39 is 0 Å². The zero-order chi connectivity index (χ0) is 20.9. The van der Waals surface area contributed by atoms with Gasteiger partial charge in [0.1, 0.15) is 0 Å². The fourth-order valence-electron chi connectivity index (χ4n) is 3.66. The lowest BCUT2D eigenvalue weighted by Gasteiger charge is -2.15. The third-order valence-corrected chi connectivity index (χ3v) is 5.85. The van der Waals surface area contributed by atoms with Gasteiger partial charge >= 0.3 is 0 Å². The lowest BCUT2D eigenvalue weighted by atomic mass is 10.0. The highest BCUT2D eigenvalue weighted by Gasteiger charge is 2.21. The van der Waals surface area contributed by atoms with Crippen molar-refractivity contribution in [2.24, 2.45) is 0 Å². The standard InChI is InChI=1S/C23H24N4O2S/c1-16(28)24-17-8-7-9-18(14-17)25-22(29)15-30-23-26-20-12-5-6-13-21(20)27(23)19-10-3-2-4-11-19/h2-4,7-11,14H,5-6,12-13,15H2,1H3,(H,24,28)(H,25,29). The maximum absolute atomic E-state index is 12.6. The van der Waals surface area contributed by atoms with Crippen LogP contribution in [-0.4, -0.2) is 27.1 Å². The van der Waals surface area contributed by atoms with E-state index in [4.69, 9.17) is 4.98 Å². The van der Waals surface area contributed by atoms with Crippen molar-refractivity contribution in [1.82, 2.24) is 9.55 Å². The van der Waals surface area contributed by atoms with Crippen LogP contribution in [0.15, 0.2) is 59.8 Å². The van der Waals surface area contributed by atoms with Crippen LogP contribution < -0.4 is 10.6 Å². The molecule has 1 aliphatic carbocycles. The third kappa shape index (κ3) is 4.74. The second-order valence-corrected chi connectivity index (χ2v) is 8.21. The average molecular weight is 421 g/mol. The van der Waals surface area contributed by atoms with Gasteiger partial charge in [0.15, 0.2) is 5.16 Å². The zero-order valence-electron chi connectivity index (χ0n) is 16.9. The highest BCUT2D eigenvalue weighted by molar-refractivity contribution is 7.99. The molecular formula is C23H24N4O2S. The number of thioether (sulfide) groups is 1. The van der Waals surface area contributed by atoms with Gasteiger partial charge in [-0.2, -0.15) is 0 Å². The molecule has 7 heteroatoms. The Labute approximate surface area is 180 Å². The summed E-state index contributed by atoms with van der Waals surface area (Å²) in [6.45, 7) is 1.45. The van der Waals surface area contributed by atoms with Crippen LogP contribution >= 0.6 is 11.8 Å². The van der Waals surface area contributed by atoms with Gasteiger partial charge in [-0.15, -0.1) is 0 Å². The highest BCUT2D eigenvalue weighted by atomic mass is 32.2. The van der Waals surface area contributed by atoms with Gasteiger partial charge in [-0.1, -0.05) is 36.0 Å². The molecule has 0 fully saturated rings. The summed E-state index contributed by atoms with van der Waals surface area (Å²) in [7, 11) is 0. The SMILES string of the molecule is CC(=O)Nc1cccc(NC(=O)CSc2nc3c(n2-c2ccccc2)CCCC3)c1. The number of carbonyl (C=O) groups excluding carboxylic acids is 2. The molecule has 2 N–H and O–H groups in total. The molecule has 3 aromatic rings. The van der Waals surface area contributed by atoms with Crippen molar-refractivity contribution in [3.63, 3.8) is 0 Å². The first kappa shape index (κ1) is 20.2. The number of carbonyl (C=O) groups is 2. The molecule has 0 aliphatic heterocycles. The van der Waals surface area contributed by atoms with Crippen LogP contribution in [0.2, 0.25) is 0 Å². The van der Waals surface area contributed by atoms with E-state index >= 15 is 0 Å². The maximum atomic E-state index is 12.6. The molecule has 0 saturated heterocycles. The van der Waals surface area contributed by atoms with Crippen molar-refractivity contribution >= 4 is 35.0 Å². The molecule has 1 aromatic heterocycles. The summed E-state index contributed by atoms with van der Waals surface area (Å²) < 4.78 is 2.20. The van der Waals surface area contributed by atoms with Crippen molar-refractivity contribution in [1.29, 1.82) is 0 Å². The van der Waals surface area contributed by atoms with Crippen molar-refractivity contribution in [2.75, 3.05) is 16.4 Å². The largest absolute Gasteiger partial charge is 0.326 e. The molecule has 0 radical (unpaired) electrons. The summed E-state index contributed by atoms with van der Waals surface area (Å²) >= 11 is 1.45. The van der Waals surface area contributed by atoms with E-state index in [1.165, 1.54) is 30.8 Å². The summed E-state index contributed by atoms with van der Waals surface area (Å²) in [6, 6.07) is 17.3. The second-order valence-electron chi connectivity index (χ2n) is 7.26. The molecule has 2 aromatic carbocycles. The van der Waals surface area contributed by atoms with Gasteiger partial charge in [0.05, 0.1) is 11.4 Å². The van der Waals surface area contributed by atoms with E-state index in [1.54, 1.807) is 24.3 Å². The first-order chi connectivity index (χ1) is 14.6. The molecule has 30 heavy (non-hydrogen) atoms. The first-order valence-corrected chi connectivity index (χ1v) is 11.0. The Bertz CT molecular complexity index is 1060.